The smallest absolute Gasteiger partial charge is 0.191 e. The largest absolute Gasteiger partial charge is 0.356 e. The SMILES string of the molecule is CCCCCCNC(=NC)NCC1CN2CCN1CC2.I. The van der Waals surface area contributed by atoms with Crippen molar-refractivity contribution in [2.45, 2.75) is 38.6 Å². The normalized spacial score (nSPS) is 28.1. The summed E-state index contributed by atoms with van der Waals surface area (Å²) >= 11 is 0. The third-order valence-electron chi connectivity index (χ3n) is 4.44. The molecule has 6 heteroatoms. The van der Waals surface area contributed by atoms with Gasteiger partial charge in [0.05, 0.1) is 0 Å². The van der Waals surface area contributed by atoms with E-state index in [2.05, 4.69) is 32.3 Å². The molecule has 0 radical (unpaired) electrons. The van der Waals surface area contributed by atoms with Gasteiger partial charge in [-0.1, -0.05) is 26.2 Å². The van der Waals surface area contributed by atoms with Gasteiger partial charge in [-0.3, -0.25) is 14.8 Å². The standard InChI is InChI=1S/C15H31N5.HI/c1-3-4-5-6-7-17-15(16-2)18-12-14-13-19-8-10-20(14)11-9-19;/h14H,3-13H2,1-2H3,(H2,16,17,18);1H. The highest BCUT2D eigenvalue weighted by Crippen LogP contribution is 2.14. The summed E-state index contributed by atoms with van der Waals surface area (Å²) in [5, 5.41) is 6.90. The molecule has 1 unspecified atom stereocenters. The second-order valence-electron chi connectivity index (χ2n) is 5.93. The molecule has 3 saturated heterocycles. The minimum Gasteiger partial charge on any atom is -0.356 e. The number of hydrogen-bond donors (Lipinski definition) is 2. The number of nitrogens with one attached hydrogen (secondary N) is 2. The topological polar surface area (TPSA) is 42.9 Å². The van der Waals surface area contributed by atoms with E-state index in [9.17, 15) is 0 Å². The third-order valence-corrected chi connectivity index (χ3v) is 4.44. The summed E-state index contributed by atoms with van der Waals surface area (Å²) < 4.78 is 0. The van der Waals surface area contributed by atoms with Crippen LogP contribution in [0.25, 0.3) is 0 Å². The number of nitrogens with zero attached hydrogens (tertiary/aromatic N) is 3. The van der Waals surface area contributed by atoms with Gasteiger partial charge >= 0.3 is 0 Å². The number of halogens is 1. The molecule has 21 heavy (non-hydrogen) atoms. The van der Waals surface area contributed by atoms with E-state index in [0.29, 0.717) is 6.04 Å². The second-order valence-corrected chi connectivity index (χ2v) is 5.93. The van der Waals surface area contributed by atoms with Crippen molar-refractivity contribution in [1.82, 2.24) is 20.4 Å². The minimum atomic E-state index is 0. The first-order chi connectivity index (χ1) is 9.83. The van der Waals surface area contributed by atoms with Crippen molar-refractivity contribution >= 4 is 29.9 Å². The van der Waals surface area contributed by atoms with Crippen molar-refractivity contribution in [3.63, 3.8) is 0 Å². The molecular formula is C15H32IN5. The van der Waals surface area contributed by atoms with Crippen LogP contribution in [0.2, 0.25) is 0 Å². The molecule has 3 fully saturated rings. The first-order valence-corrected chi connectivity index (χ1v) is 8.24. The molecule has 0 amide bonds. The lowest BCUT2D eigenvalue weighted by atomic mass is 10.1. The zero-order valence-electron chi connectivity index (χ0n) is 13.6. The highest BCUT2D eigenvalue weighted by atomic mass is 127. The van der Waals surface area contributed by atoms with E-state index in [4.69, 9.17) is 0 Å². The molecule has 0 saturated carbocycles. The molecular weight excluding hydrogens is 377 g/mol. The van der Waals surface area contributed by atoms with E-state index >= 15 is 0 Å². The van der Waals surface area contributed by atoms with Gasteiger partial charge in [0.25, 0.3) is 0 Å². The van der Waals surface area contributed by atoms with Crippen LogP contribution < -0.4 is 10.6 Å². The number of unbranched alkanes of at least 4 members (excludes halogenated alkanes) is 3. The summed E-state index contributed by atoms with van der Waals surface area (Å²) in [6.07, 6.45) is 5.17. The number of rotatable bonds is 7. The zero-order valence-corrected chi connectivity index (χ0v) is 15.9. The second kappa shape index (κ2) is 10.6. The molecule has 1 atom stereocenters. The Kier molecular flexibility index (Phi) is 9.59. The summed E-state index contributed by atoms with van der Waals surface area (Å²) in [5.74, 6) is 0.958. The van der Waals surface area contributed by atoms with Crippen molar-refractivity contribution < 1.29 is 0 Å². The predicted molar refractivity (Wildman–Crippen MR) is 101 cm³/mol. The average Bonchev–Trinajstić information content (AvgIpc) is 2.51. The molecule has 3 aliphatic heterocycles. The van der Waals surface area contributed by atoms with Gasteiger partial charge in [-0.2, -0.15) is 0 Å². The number of guanidine groups is 1. The molecule has 0 aromatic carbocycles. The molecule has 3 heterocycles. The Morgan fingerprint density at radius 3 is 2.43 bits per heavy atom. The van der Waals surface area contributed by atoms with E-state index < -0.39 is 0 Å². The van der Waals surface area contributed by atoms with Crippen LogP contribution in [0.5, 0.6) is 0 Å². The van der Waals surface area contributed by atoms with E-state index in [1.807, 2.05) is 7.05 Å². The summed E-state index contributed by atoms with van der Waals surface area (Å²) in [4.78, 5) is 9.50. The number of aliphatic imine (C=N–C) groups is 1. The van der Waals surface area contributed by atoms with E-state index in [1.54, 1.807) is 0 Å². The Hall–Kier alpha value is -0.0800. The van der Waals surface area contributed by atoms with Gasteiger partial charge in [0.15, 0.2) is 5.96 Å². The predicted octanol–water partition coefficient (Wildman–Crippen LogP) is 1.35. The van der Waals surface area contributed by atoms with Gasteiger partial charge < -0.3 is 10.6 Å². The van der Waals surface area contributed by atoms with E-state index in [1.165, 1.54) is 58.4 Å². The Labute approximate surface area is 146 Å². The van der Waals surface area contributed by atoms with Crippen LogP contribution in [0, 0.1) is 0 Å². The van der Waals surface area contributed by atoms with Crippen molar-refractivity contribution in [1.29, 1.82) is 0 Å². The maximum Gasteiger partial charge on any atom is 0.191 e. The molecule has 2 bridgehead atoms. The highest BCUT2D eigenvalue weighted by Gasteiger charge is 2.31. The average molecular weight is 409 g/mol. The van der Waals surface area contributed by atoms with Crippen LogP contribution in [0.3, 0.4) is 0 Å². The third kappa shape index (κ3) is 6.28. The molecule has 3 rings (SSSR count). The highest BCUT2D eigenvalue weighted by molar-refractivity contribution is 14.0. The Bertz CT molecular complexity index is 302. The fraction of sp³-hybridized carbons (Fsp3) is 0.933. The molecule has 2 N–H and O–H groups in total. The summed E-state index contributed by atoms with van der Waals surface area (Å²) in [5.41, 5.74) is 0. The van der Waals surface area contributed by atoms with Gasteiger partial charge in [0.1, 0.15) is 0 Å². The van der Waals surface area contributed by atoms with E-state index in [-0.39, 0.29) is 24.0 Å². The van der Waals surface area contributed by atoms with Gasteiger partial charge in [0.2, 0.25) is 0 Å². The van der Waals surface area contributed by atoms with Gasteiger partial charge in [-0.05, 0) is 6.42 Å². The van der Waals surface area contributed by atoms with E-state index in [0.717, 1.165) is 19.0 Å². The summed E-state index contributed by atoms with van der Waals surface area (Å²) in [7, 11) is 1.86. The van der Waals surface area contributed by atoms with Crippen molar-refractivity contribution in [3.05, 3.63) is 0 Å². The molecule has 5 nitrogen and oxygen atoms in total. The van der Waals surface area contributed by atoms with Crippen LogP contribution in [0.1, 0.15) is 32.6 Å². The molecule has 3 aliphatic rings. The van der Waals surface area contributed by atoms with Gasteiger partial charge in [-0.15, -0.1) is 24.0 Å². The Morgan fingerprint density at radius 1 is 1.10 bits per heavy atom. The molecule has 0 aliphatic carbocycles. The van der Waals surface area contributed by atoms with Gasteiger partial charge in [0, 0.05) is 58.9 Å². The number of hydrogen-bond acceptors (Lipinski definition) is 3. The van der Waals surface area contributed by atoms with Crippen molar-refractivity contribution in [2.75, 3.05) is 52.9 Å². The van der Waals surface area contributed by atoms with Crippen LogP contribution >= 0.6 is 24.0 Å². The van der Waals surface area contributed by atoms with Crippen LogP contribution in [0.15, 0.2) is 4.99 Å². The quantitative estimate of drug-likeness (QED) is 0.288. The molecule has 0 spiro atoms. The van der Waals surface area contributed by atoms with Crippen LogP contribution in [-0.4, -0.2) is 74.7 Å². The van der Waals surface area contributed by atoms with Gasteiger partial charge in [-0.25, -0.2) is 0 Å². The maximum absolute atomic E-state index is 4.31. The monoisotopic (exact) mass is 409 g/mol. The molecule has 124 valence electrons. The number of piperazine rings is 3. The minimum absolute atomic E-state index is 0. The lowest BCUT2D eigenvalue weighted by Crippen LogP contribution is -2.63. The van der Waals surface area contributed by atoms with Crippen LogP contribution in [-0.2, 0) is 0 Å². The fourth-order valence-electron chi connectivity index (χ4n) is 3.11. The summed E-state index contributed by atoms with van der Waals surface area (Å²) in [6.45, 7) is 10.5. The van der Waals surface area contributed by atoms with Crippen molar-refractivity contribution in [2.24, 2.45) is 4.99 Å². The molecule has 0 aromatic heterocycles. The lowest BCUT2D eigenvalue weighted by Gasteiger charge is -2.47. The first kappa shape index (κ1) is 19.0. The van der Waals surface area contributed by atoms with Crippen LogP contribution in [0.4, 0.5) is 0 Å². The van der Waals surface area contributed by atoms with Crippen molar-refractivity contribution in [3.8, 4) is 0 Å². The lowest BCUT2D eigenvalue weighted by molar-refractivity contribution is 0.0154. The Balaban J connectivity index is 0.00000220. The first-order valence-electron chi connectivity index (χ1n) is 8.24. The fourth-order valence-corrected chi connectivity index (χ4v) is 3.11. The molecule has 0 aromatic rings. The maximum atomic E-state index is 4.31. The summed E-state index contributed by atoms with van der Waals surface area (Å²) in [6, 6.07) is 0.649. The number of fused-ring (bicyclic) bond motifs is 3. The zero-order chi connectivity index (χ0) is 14.2. The Morgan fingerprint density at radius 2 is 1.86 bits per heavy atom.